The molecule has 3 rings (SSSR count). The number of hydrogen-bond donors (Lipinski definition) is 2. The number of anilines is 2. The molecule has 0 spiro atoms. The van der Waals surface area contributed by atoms with Gasteiger partial charge >= 0.3 is 0 Å². The molecule has 0 aliphatic rings. The number of aryl methyl sites for hydroxylation is 1. The van der Waals surface area contributed by atoms with Gasteiger partial charge in [-0.3, -0.25) is 9.59 Å². The molecular weight excluding hydrogens is 368 g/mol. The van der Waals surface area contributed by atoms with Crippen LogP contribution in [0.5, 0.6) is 11.5 Å². The van der Waals surface area contributed by atoms with Gasteiger partial charge in [-0.25, -0.2) is 0 Å². The highest BCUT2D eigenvalue weighted by atomic mass is 16.5. The van der Waals surface area contributed by atoms with E-state index >= 15 is 0 Å². The molecule has 0 heterocycles. The lowest BCUT2D eigenvalue weighted by Crippen LogP contribution is -2.20. The van der Waals surface area contributed by atoms with E-state index in [1.807, 2.05) is 31.2 Å². The molecule has 0 fully saturated rings. The third-order valence-electron chi connectivity index (χ3n) is 4.25. The van der Waals surface area contributed by atoms with E-state index in [1.165, 1.54) is 0 Å². The number of carbonyl (C=O) groups is 2. The quantitative estimate of drug-likeness (QED) is 0.632. The predicted octanol–water partition coefficient (Wildman–Crippen LogP) is 4.27. The van der Waals surface area contributed by atoms with Crippen molar-refractivity contribution < 1.29 is 19.1 Å². The van der Waals surface area contributed by atoms with Crippen LogP contribution in [0.1, 0.15) is 15.9 Å². The van der Waals surface area contributed by atoms with Crippen LogP contribution in [-0.2, 0) is 4.79 Å². The number of carbonyl (C=O) groups excluding carboxylic acids is 2. The van der Waals surface area contributed by atoms with E-state index in [1.54, 1.807) is 55.6 Å². The Kier molecular flexibility index (Phi) is 6.47. The van der Waals surface area contributed by atoms with E-state index in [0.29, 0.717) is 22.7 Å². The molecule has 2 N–H and O–H groups in total. The Morgan fingerprint density at radius 2 is 1.48 bits per heavy atom. The molecule has 0 aliphatic carbocycles. The molecule has 0 atom stereocenters. The average molecular weight is 390 g/mol. The number of para-hydroxylation sites is 1. The summed E-state index contributed by atoms with van der Waals surface area (Å²) >= 11 is 0. The van der Waals surface area contributed by atoms with E-state index in [2.05, 4.69) is 10.6 Å². The van der Waals surface area contributed by atoms with Crippen LogP contribution in [0.4, 0.5) is 11.4 Å². The summed E-state index contributed by atoms with van der Waals surface area (Å²) in [6.07, 6.45) is 0. The molecule has 0 bridgehead atoms. The Hall–Kier alpha value is -3.80. The molecule has 2 amide bonds. The van der Waals surface area contributed by atoms with Gasteiger partial charge in [0.2, 0.25) is 0 Å². The molecule has 0 saturated heterocycles. The lowest BCUT2D eigenvalue weighted by Gasteiger charge is -2.10. The van der Waals surface area contributed by atoms with E-state index in [9.17, 15) is 9.59 Å². The highest BCUT2D eigenvalue weighted by Crippen LogP contribution is 2.18. The smallest absolute Gasteiger partial charge is 0.262 e. The van der Waals surface area contributed by atoms with Crippen molar-refractivity contribution in [2.75, 3.05) is 24.4 Å². The minimum Gasteiger partial charge on any atom is -0.497 e. The van der Waals surface area contributed by atoms with Crippen LogP contribution < -0.4 is 20.1 Å². The van der Waals surface area contributed by atoms with E-state index in [-0.39, 0.29) is 18.4 Å². The zero-order valence-corrected chi connectivity index (χ0v) is 16.3. The standard InChI is InChI=1S/C23H22N2O4/c1-16-5-3-4-6-21(16)25-23(27)17-7-11-20(12-8-17)29-15-22(26)24-18-9-13-19(28-2)14-10-18/h3-14H,15H2,1-2H3,(H,24,26)(H,25,27). The Morgan fingerprint density at radius 1 is 0.828 bits per heavy atom. The molecule has 0 aromatic heterocycles. The van der Waals surface area contributed by atoms with Gasteiger partial charge in [0.15, 0.2) is 6.61 Å². The highest BCUT2D eigenvalue weighted by Gasteiger charge is 2.09. The highest BCUT2D eigenvalue weighted by molar-refractivity contribution is 6.04. The average Bonchev–Trinajstić information content (AvgIpc) is 2.75. The molecule has 6 heteroatoms. The minimum atomic E-state index is -0.281. The fraction of sp³-hybridized carbons (Fsp3) is 0.130. The number of ether oxygens (including phenoxy) is 2. The molecule has 0 radical (unpaired) electrons. The van der Waals surface area contributed by atoms with Gasteiger partial charge in [0.05, 0.1) is 7.11 Å². The largest absolute Gasteiger partial charge is 0.497 e. The van der Waals surface area contributed by atoms with Gasteiger partial charge in [-0.1, -0.05) is 18.2 Å². The first-order chi connectivity index (χ1) is 14.0. The van der Waals surface area contributed by atoms with Crippen molar-refractivity contribution in [1.82, 2.24) is 0 Å². The first-order valence-electron chi connectivity index (χ1n) is 9.09. The van der Waals surface area contributed by atoms with Gasteiger partial charge < -0.3 is 20.1 Å². The van der Waals surface area contributed by atoms with Crippen LogP contribution in [0.2, 0.25) is 0 Å². The fourth-order valence-electron chi connectivity index (χ4n) is 2.63. The monoisotopic (exact) mass is 390 g/mol. The summed E-state index contributed by atoms with van der Waals surface area (Å²) in [4.78, 5) is 24.4. The third-order valence-corrected chi connectivity index (χ3v) is 4.25. The molecule has 3 aromatic rings. The molecule has 0 unspecified atom stereocenters. The fourth-order valence-corrected chi connectivity index (χ4v) is 2.63. The van der Waals surface area contributed by atoms with Crippen LogP contribution in [0.3, 0.4) is 0 Å². The van der Waals surface area contributed by atoms with Crippen molar-refractivity contribution in [1.29, 1.82) is 0 Å². The van der Waals surface area contributed by atoms with Gasteiger partial charge in [0.1, 0.15) is 11.5 Å². The van der Waals surface area contributed by atoms with Crippen molar-refractivity contribution >= 4 is 23.2 Å². The van der Waals surface area contributed by atoms with Crippen molar-refractivity contribution in [2.24, 2.45) is 0 Å². The summed E-state index contributed by atoms with van der Waals surface area (Å²) in [7, 11) is 1.58. The zero-order valence-electron chi connectivity index (χ0n) is 16.3. The summed E-state index contributed by atoms with van der Waals surface area (Å²) in [6.45, 7) is 1.80. The van der Waals surface area contributed by atoms with Crippen LogP contribution in [-0.4, -0.2) is 25.5 Å². The number of hydrogen-bond acceptors (Lipinski definition) is 4. The normalized spacial score (nSPS) is 10.1. The number of rotatable bonds is 7. The van der Waals surface area contributed by atoms with E-state index in [0.717, 1.165) is 11.3 Å². The first kappa shape index (κ1) is 19.9. The minimum absolute atomic E-state index is 0.138. The van der Waals surface area contributed by atoms with E-state index < -0.39 is 0 Å². The Morgan fingerprint density at radius 3 is 2.14 bits per heavy atom. The Balaban J connectivity index is 1.51. The van der Waals surface area contributed by atoms with E-state index in [4.69, 9.17) is 9.47 Å². The molecule has 0 saturated carbocycles. The zero-order chi connectivity index (χ0) is 20.6. The lowest BCUT2D eigenvalue weighted by atomic mass is 10.1. The summed E-state index contributed by atoms with van der Waals surface area (Å²) in [5, 5.41) is 5.62. The SMILES string of the molecule is COc1ccc(NC(=O)COc2ccc(C(=O)Nc3ccccc3C)cc2)cc1. The number of nitrogens with one attached hydrogen (secondary N) is 2. The number of amides is 2. The number of benzene rings is 3. The van der Waals surface area contributed by atoms with Gasteiger partial charge in [-0.2, -0.15) is 0 Å². The second kappa shape index (κ2) is 9.41. The topological polar surface area (TPSA) is 76.7 Å². The summed E-state index contributed by atoms with van der Waals surface area (Å²) in [5.41, 5.74) is 2.92. The van der Waals surface area contributed by atoms with Gasteiger partial charge in [0.25, 0.3) is 11.8 Å². The number of methoxy groups -OCH3 is 1. The summed E-state index contributed by atoms with van der Waals surface area (Å²) in [6, 6.07) is 21.2. The molecule has 29 heavy (non-hydrogen) atoms. The second-order valence-electron chi connectivity index (χ2n) is 6.36. The van der Waals surface area contributed by atoms with Crippen LogP contribution >= 0.6 is 0 Å². The molecule has 148 valence electrons. The van der Waals surface area contributed by atoms with Crippen LogP contribution in [0.25, 0.3) is 0 Å². The summed E-state index contributed by atoms with van der Waals surface area (Å²) < 4.78 is 10.6. The van der Waals surface area contributed by atoms with Crippen LogP contribution in [0.15, 0.2) is 72.8 Å². The molecule has 0 aliphatic heterocycles. The predicted molar refractivity (Wildman–Crippen MR) is 113 cm³/mol. The third kappa shape index (κ3) is 5.59. The first-order valence-corrected chi connectivity index (χ1v) is 9.09. The van der Waals surface area contributed by atoms with Crippen molar-refractivity contribution in [3.63, 3.8) is 0 Å². The van der Waals surface area contributed by atoms with Gasteiger partial charge in [-0.15, -0.1) is 0 Å². The molecular formula is C23H22N2O4. The van der Waals surface area contributed by atoms with Gasteiger partial charge in [-0.05, 0) is 67.1 Å². The van der Waals surface area contributed by atoms with Crippen molar-refractivity contribution in [2.45, 2.75) is 6.92 Å². The molecule has 6 nitrogen and oxygen atoms in total. The van der Waals surface area contributed by atoms with Gasteiger partial charge in [0, 0.05) is 16.9 Å². The molecule has 3 aromatic carbocycles. The Labute approximate surface area is 169 Å². The van der Waals surface area contributed by atoms with Crippen molar-refractivity contribution in [3.05, 3.63) is 83.9 Å². The summed E-state index contributed by atoms with van der Waals surface area (Å²) in [5.74, 6) is 0.729. The second-order valence-corrected chi connectivity index (χ2v) is 6.36. The van der Waals surface area contributed by atoms with Crippen molar-refractivity contribution in [3.8, 4) is 11.5 Å². The van der Waals surface area contributed by atoms with Crippen LogP contribution in [0, 0.1) is 6.92 Å². The maximum atomic E-state index is 12.4. The maximum absolute atomic E-state index is 12.4. The lowest BCUT2D eigenvalue weighted by molar-refractivity contribution is -0.118. The Bertz CT molecular complexity index is 983. The maximum Gasteiger partial charge on any atom is 0.262 e.